The summed E-state index contributed by atoms with van der Waals surface area (Å²) in [6.45, 7) is 6.96. The maximum atomic E-state index is 2.32. The number of benzene rings is 1. The fraction of sp³-hybridized carbons (Fsp3) is 0.400. The summed E-state index contributed by atoms with van der Waals surface area (Å²) in [7, 11) is 0. The Hall–Kier alpha value is 0.00961. The quantitative estimate of drug-likeness (QED) is 0.681. The second-order valence-corrected chi connectivity index (χ2v) is 8.95. The molecule has 0 aromatic heterocycles. The van der Waals surface area contributed by atoms with Crippen LogP contribution in [0.25, 0.3) is 0 Å². The second kappa shape index (κ2) is 3.61. The van der Waals surface area contributed by atoms with Gasteiger partial charge in [-0.05, 0) is 0 Å². The summed E-state index contributed by atoms with van der Waals surface area (Å²) in [5, 5.41) is 0. The molecule has 0 radical (unpaired) electrons. The third-order valence-corrected chi connectivity index (χ3v) is 4.36. The van der Waals surface area contributed by atoms with E-state index in [-0.39, 0.29) is 20.9 Å². The predicted octanol–water partition coefficient (Wildman–Crippen LogP) is 2.23. The van der Waals surface area contributed by atoms with Crippen molar-refractivity contribution in [2.24, 2.45) is 0 Å². The van der Waals surface area contributed by atoms with Gasteiger partial charge in [0, 0.05) is 0 Å². The number of rotatable bonds is 1. The first-order valence-electron chi connectivity index (χ1n) is 3.82. The molecule has 11 heavy (non-hydrogen) atoms. The fourth-order valence-corrected chi connectivity index (χ4v) is 3.70. The van der Waals surface area contributed by atoms with Crippen LogP contribution in [0.15, 0.2) is 30.3 Å². The van der Waals surface area contributed by atoms with E-state index in [4.69, 9.17) is 0 Å². The Bertz CT molecular complexity index is 208. The van der Waals surface area contributed by atoms with Crippen LogP contribution in [0.2, 0.25) is 3.46 Å². The van der Waals surface area contributed by atoms with Gasteiger partial charge in [0.2, 0.25) is 0 Å². The van der Waals surface area contributed by atoms with Crippen molar-refractivity contribution in [2.45, 2.75) is 24.2 Å². The molecule has 0 saturated carbocycles. The van der Waals surface area contributed by atoms with Gasteiger partial charge in [-0.25, -0.2) is 0 Å². The van der Waals surface area contributed by atoms with Crippen molar-refractivity contribution in [3.05, 3.63) is 30.3 Å². The Morgan fingerprint density at radius 2 is 1.55 bits per heavy atom. The molecule has 1 rings (SSSR count). The molecule has 60 valence electrons. The normalized spacial score (nSPS) is 11.5. The molecule has 0 aliphatic heterocycles. The average Bonchev–Trinajstić information content (AvgIpc) is 1.85. The summed E-state index contributed by atoms with van der Waals surface area (Å²) < 4.78 is 2.09. The van der Waals surface area contributed by atoms with Gasteiger partial charge >= 0.3 is 79.1 Å². The third-order valence-electron chi connectivity index (χ3n) is 1.17. The van der Waals surface area contributed by atoms with Crippen LogP contribution in [0.4, 0.5) is 0 Å². The van der Waals surface area contributed by atoms with Crippen molar-refractivity contribution in [3.63, 3.8) is 0 Å². The van der Waals surface area contributed by atoms with Crippen LogP contribution in [0, 0.1) is 0 Å². The SMILES string of the molecule is CC(C)(C)[Te]c1ccccc1. The Morgan fingerprint density at radius 1 is 1.00 bits per heavy atom. The summed E-state index contributed by atoms with van der Waals surface area (Å²) in [5.41, 5.74) is 0. The molecule has 0 aliphatic carbocycles. The number of hydrogen-bond acceptors (Lipinski definition) is 0. The van der Waals surface area contributed by atoms with E-state index >= 15 is 0 Å². The van der Waals surface area contributed by atoms with Crippen molar-refractivity contribution in [2.75, 3.05) is 0 Å². The van der Waals surface area contributed by atoms with Gasteiger partial charge in [-0.1, -0.05) is 0 Å². The van der Waals surface area contributed by atoms with E-state index in [0.29, 0.717) is 3.46 Å². The van der Waals surface area contributed by atoms with E-state index in [9.17, 15) is 0 Å². The summed E-state index contributed by atoms with van der Waals surface area (Å²) in [6, 6.07) is 10.8. The van der Waals surface area contributed by atoms with E-state index < -0.39 is 0 Å². The first-order chi connectivity index (χ1) is 5.08. The summed E-state index contributed by atoms with van der Waals surface area (Å²) >= 11 is 0.00587. The molecule has 0 nitrogen and oxygen atoms in total. The van der Waals surface area contributed by atoms with Gasteiger partial charge in [0.25, 0.3) is 0 Å². The van der Waals surface area contributed by atoms with Crippen molar-refractivity contribution in [1.29, 1.82) is 0 Å². The van der Waals surface area contributed by atoms with Crippen molar-refractivity contribution in [1.82, 2.24) is 0 Å². The Kier molecular flexibility index (Phi) is 2.98. The van der Waals surface area contributed by atoms with Crippen molar-refractivity contribution in [3.8, 4) is 0 Å². The van der Waals surface area contributed by atoms with Crippen molar-refractivity contribution < 1.29 is 0 Å². The molecule has 0 heterocycles. The van der Waals surface area contributed by atoms with Crippen LogP contribution in [0.1, 0.15) is 20.8 Å². The van der Waals surface area contributed by atoms with Gasteiger partial charge in [-0.3, -0.25) is 0 Å². The average molecular weight is 262 g/mol. The summed E-state index contributed by atoms with van der Waals surface area (Å²) in [5.74, 6) is 0. The third kappa shape index (κ3) is 3.79. The topological polar surface area (TPSA) is 0 Å². The van der Waals surface area contributed by atoms with Gasteiger partial charge in [0.05, 0.1) is 0 Å². The van der Waals surface area contributed by atoms with Crippen LogP contribution in [-0.2, 0) is 0 Å². The molecule has 1 aromatic carbocycles. The molecular weight excluding hydrogens is 248 g/mol. The molecule has 0 saturated heterocycles. The van der Waals surface area contributed by atoms with Crippen LogP contribution in [0.5, 0.6) is 0 Å². The number of hydrogen-bond donors (Lipinski definition) is 0. The van der Waals surface area contributed by atoms with Crippen LogP contribution in [-0.4, -0.2) is 20.9 Å². The van der Waals surface area contributed by atoms with Gasteiger partial charge in [0.1, 0.15) is 0 Å². The van der Waals surface area contributed by atoms with Crippen LogP contribution >= 0.6 is 0 Å². The Morgan fingerprint density at radius 3 is 2.00 bits per heavy atom. The minimum atomic E-state index is 0.00587. The molecule has 0 fully saturated rings. The molecule has 1 aromatic rings. The van der Waals surface area contributed by atoms with E-state index in [1.165, 1.54) is 0 Å². The van der Waals surface area contributed by atoms with Gasteiger partial charge in [0.15, 0.2) is 0 Å². The Balaban J connectivity index is 2.66. The molecule has 0 spiro atoms. The molecule has 0 atom stereocenters. The molecule has 0 bridgehead atoms. The molecule has 0 aliphatic rings. The van der Waals surface area contributed by atoms with E-state index in [0.717, 1.165) is 0 Å². The standard InChI is InChI=1S/C10H14Te/c1-10(2,3)11-9-7-5-4-6-8-9/h4-8H,1-3H3. The monoisotopic (exact) mass is 264 g/mol. The molecule has 0 amide bonds. The second-order valence-electron chi connectivity index (χ2n) is 3.53. The molecular formula is C10H14Te. The zero-order chi connectivity index (χ0) is 8.32. The summed E-state index contributed by atoms with van der Waals surface area (Å²) in [4.78, 5) is 0. The molecule has 0 unspecified atom stereocenters. The predicted molar refractivity (Wildman–Crippen MR) is 51.5 cm³/mol. The molecule has 1 heteroatoms. The van der Waals surface area contributed by atoms with Crippen LogP contribution in [0.3, 0.4) is 0 Å². The fourth-order valence-electron chi connectivity index (χ4n) is 0.842. The van der Waals surface area contributed by atoms with Crippen molar-refractivity contribution >= 4 is 24.5 Å². The van der Waals surface area contributed by atoms with E-state index in [1.54, 1.807) is 3.61 Å². The van der Waals surface area contributed by atoms with Gasteiger partial charge in [-0.15, -0.1) is 0 Å². The summed E-state index contributed by atoms with van der Waals surface area (Å²) in [6.07, 6.45) is 0. The minimum absolute atomic E-state index is 0.00587. The zero-order valence-electron chi connectivity index (χ0n) is 7.29. The first kappa shape index (κ1) is 9.10. The van der Waals surface area contributed by atoms with Gasteiger partial charge < -0.3 is 0 Å². The van der Waals surface area contributed by atoms with E-state index in [2.05, 4.69) is 51.1 Å². The van der Waals surface area contributed by atoms with Crippen LogP contribution < -0.4 is 3.61 Å². The van der Waals surface area contributed by atoms with E-state index in [1.807, 2.05) is 0 Å². The maximum absolute atomic E-state index is 2.32. The van der Waals surface area contributed by atoms with Gasteiger partial charge in [-0.2, -0.15) is 0 Å². The molecule has 0 N–H and O–H groups in total. The Labute approximate surface area is 79.1 Å². The first-order valence-corrected chi connectivity index (χ1v) is 6.15. The zero-order valence-corrected chi connectivity index (χ0v) is 9.63.